The summed E-state index contributed by atoms with van der Waals surface area (Å²) in [5, 5.41) is 16.4. The lowest BCUT2D eigenvalue weighted by atomic mass is 10.2. The predicted octanol–water partition coefficient (Wildman–Crippen LogP) is 0.876. The van der Waals surface area contributed by atoms with Crippen molar-refractivity contribution >= 4 is 5.78 Å². The molecule has 0 saturated heterocycles. The van der Waals surface area contributed by atoms with Gasteiger partial charge in [0, 0.05) is 0 Å². The second kappa shape index (κ2) is 4.95. The van der Waals surface area contributed by atoms with E-state index in [0.717, 1.165) is 0 Å². The minimum Gasteiger partial charge on any atom is -0.376 e. The Morgan fingerprint density at radius 1 is 1.50 bits per heavy atom. The van der Waals surface area contributed by atoms with Gasteiger partial charge in [0.2, 0.25) is 0 Å². The van der Waals surface area contributed by atoms with Gasteiger partial charge in [-0.3, -0.25) is 0 Å². The van der Waals surface area contributed by atoms with Gasteiger partial charge >= 0.3 is 0 Å². The van der Waals surface area contributed by atoms with Crippen LogP contribution in [0, 0.1) is 11.3 Å². The molecule has 3 heteroatoms. The Bertz CT molecular complexity index is 135. The fourth-order valence-corrected chi connectivity index (χ4v) is 0. The topological polar surface area (TPSA) is 61.1 Å². The molecule has 0 bridgehead atoms. The Balaban J connectivity index is 0. The maximum atomic E-state index is 9.44. The first-order valence-corrected chi connectivity index (χ1v) is 2.90. The van der Waals surface area contributed by atoms with Crippen LogP contribution in [0.15, 0.2) is 0 Å². The van der Waals surface area contributed by atoms with E-state index in [1.165, 1.54) is 27.7 Å². The van der Waals surface area contributed by atoms with Gasteiger partial charge in [0.15, 0.2) is 0 Å². The fraction of sp³-hybridized carbons (Fsp3) is 0.714. The van der Waals surface area contributed by atoms with Gasteiger partial charge < -0.3 is 9.90 Å². The van der Waals surface area contributed by atoms with Crippen molar-refractivity contribution in [3.63, 3.8) is 0 Å². The van der Waals surface area contributed by atoms with Gasteiger partial charge in [-0.25, -0.2) is 0 Å². The van der Waals surface area contributed by atoms with E-state index in [0.29, 0.717) is 0 Å². The highest BCUT2D eigenvalue weighted by molar-refractivity contribution is 5.72. The molecule has 0 amide bonds. The van der Waals surface area contributed by atoms with Gasteiger partial charge in [-0.2, -0.15) is 5.26 Å². The SMILES string of the molecule is CC(C)(O)C#N.CC(C)=O. The van der Waals surface area contributed by atoms with Crippen molar-refractivity contribution in [3.05, 3.63) is 0 Å². The third-order valence-corrected chi connectivity index (χ3v) is 0.274. The highest BCUT2D eigenvalue weighted by Gasteiger charge is 2.07. The molecule has 58 valence electrons. The molecule has 0 spiro atoms. The minimum absolute atomic E-state index is 0.167. The Kier molecular flexibility index (Phi) is 5.87. The molecule has 0 aromatic rings. The highest BCUT2D eigenvalue weighted by Crippen LogP contribution is 1.93. The molecule has 0 heterocycles. The van der Waals surface area contributed by atoms with Gasteiger partial charge in [-0.1, -0.05) is 0 Å². The minimum atomic E-state index is -1.15. The zero-order valence-corrected chi connectivity index (χ0v) is 6.80. The summed E-state index contributed by atoms with van der Waals surface area (Å²) in [5.74, 6) is 0.167. The van der Waals surface area contributed by atoms with Crippen LogP contribution >= 0.6 is 0 Å². The average molecular weight is 143 g/mol. The number of carbonyl (C=O) groups is 1. The van der Waals surface area contributed by atoms with E-state index in [1.54, 1.807) is 6.07 Å². The Morgan fingerprint density at radius 2 is 1.60 bits per heavy atom. The van der Waals surface area contributed by atoms with Crippen molar-refractivity contribution < 1.29 is 9.90 Å². The van der Waals surface area contributed by atoms with Crippen molar-refractivity contribution in [1.82, 2.24) is 0 Å². The summed E-state index contributed by atoms with van der Waals surface area (Å²) in [6, 6.07) is 1.66. The van der Waals surface area contributed by atoms with Crippen LogP contribution in [0.25, 0.3) is 0 Å². The third kappa shape index (κ3) is 59.3. The van der Waals surface area contributed by atoms with Gasteiger partial charge in [0.05, 0.1) is 6.07 Å². The first kappa shape index (κ1) is 11.9. The van der Waals surface area contributed by atoms with Crippen LogP contribution in [-0.2, 0) is 4.79 Å². The van der Waals surface area contributed by atoms with Crippen LogP contribution in [-0.4, -0.2) is 16.5 Å². The number of rotatable bonds is 0. The first-order valence-electron chi connectivity index (χ1n) is 2.90. The zero-order valence-electron chi connectivity index (χ0n) is 6.80. The third-order valence-electron chi connectivity index (χ3n) is 0.274. The summed E-state index contributed by atoms with van der Waals surface area (Å²) >= 11 is 0. The molecule has 0 radical (unpaired) electrons. The highest BCUT2D eigenvalue weighted by atomic mass is 16.3. The van der Waals surface area contributed by atoms with Gasteiger partial charge in [0.25, 0.3) is 0 Å². The van der Waals surface area contributed by atoms with Gasteiger partial charge in [-0.05, 0) is 27.7 Å². The van der Waals surface area contributed by atoms with Crippen molar-refractivity contribution in [2.45, 2.75) is 33.3 Å². The summed E-state index contributed by atoms with van der Waals surface area (Å²) in [5.41, 5.74) is -1.15. The smallest absolute Gasteiger partial charge is 0.145 e. The normalized spacial score (nSPS) is 8.80. The standard InChI is InChI=1S/C4H7NO.C3H6O/c1-4(2,6)3-5;1-3(2)4/h6H,1-2H3;1-2H3. The van der Waals surface area contributed by atoms with Crippen molar-refractivity contribution in [3.8, 4) is 6.07 Å². The van der Waals surface area contributed by atoms with E-state index in [2.05, 4.69) is 0 Å². The number of aliphatic hydroxyl groups is 1. The number of carbonyl (C=O) groups excluding carboxylic acids is 1. The van der Waals surface area contributed by atoms with Crippen LogP contribution in [0.4, 0.5) is 0 Å². The fourth-order valence-electron chi connectivity index (χ4n) is 0. The van der Waals surface area contributed by atoms with Crippen molar-refractivity contribution in [2.24, 2.45) is 0 Å². The van der Waals surface area contributed by atoms with Crippen LogP contribution < -0.4 is 0 Å². The van der Waals surface area contributed by atoms with Crippen LogP contribution in [0.5, 0.6) is 0 Å². The molecule has 0 aliphatic carbocycles. The van der Waals surface area contributed by atoms with Crippen molar-refractivity contribution in [1.29, 1.82) is 5.26 Å². The quantitative estimate of drug-likeness (QED) is 0.512. The largest absolute Gasteiger partial charge is 0.376 e. The lowest BCUT2D eigenvalue weighted by Crippen LogP contribution is -2.13. The molecular weight excluding hydrogens is 130 g/mol. The number of Topliss-reactive ketones (excluding diaryl/α,β-unsaturated/α-hetero) is 1. The summed E-state index contributed by atoms with van der Waals surface area (Å²) in [6.07, 6.45) is 0. The number of hydrogen-bond acceptors (Lipinski definition) is 3. The second-order valence-electron chi connectivity index (χ2n) is 2.58. The molecule has 0 aliphatic rings. The van der Waals surface area contributed by atoms with Crippen LogP contribution in [0.3, 0.4) is 0 Å². The lowest BCUT2D eigenvalue weighted by molar-refractivity contribution is -0.114. The van der Waals surface area contributed by atoms with E-state index in [1.807, 2.05) is 0 Å². The molecule has 0 rings (SSSR count). The predicted molar refractivity (Wildman–Crippen MR) is 38.3 cm³/mol. The molecule has 0 fully saturated rings. The molecule has 0 aliphatic heterocycles. The van der Waals surface area contributed by atoms with E-state index in [4.69, 9.17) is 10.4 Å². The molecule has 10 heavy (non-hydrogen) atoms. The van der Waals surface area contributed by atoms with E-state index in [-0.39, 0.29) is 5.78 Å². The lowest BCUT2D eigenvalue weighted by Gasteiger charge is -2.00. The van der Waals surface area contributed by atoms with E-state index in [9.17, 15) is 4.79 Å². The molecular formula is C7H13NO2. The van der Waals surface area contributed by atoms with Crippen LogP contribution in [0.1, 0.15) is 27.7 Å². The maximum Gasteiger partial charge on any atom is 0.145 e. The molecule has 0 aromatic heterocycles. The number of ketones is 1. The Labute approximate surface area is 61.3 Å². The van der Waals surface area contributed by atoms with Crippen molar-refractivity contribution in [2.75, 3.05) is 0 Å². The summed E-state index contributed by atoms with van der Waals surface area (Å²) in [6.45, 7) is 5.93. The molecule has 3 nitrogen and oxygen atoms in total. The molecule has 0 saturated carbocycles. The molecule has 1 N–H and O–H groups in total. The van der Waals surface area contributed by atoms with E-state index >= 15 is 0 Å². The first-order chi connectivity index (χ1) is 4.29. The summed E-state index contributed by atoms with van der Waals surface area (Å²) < 4.78 is 0. The molecule has 0 atom stereocenters. The number of nitriles is 1. The number of hydrogen-bond donors (Lipinski definition) is 1. The molecule has 0 unspecified atom stereocenters. The van der Waals surface area contributed by atoms with Gasteiger partial charge in [0.1, 0.15) is 11.4 Å². The summed E-state index contributed by atoms with van der Waals surface area (Å²) in [4.78, 5) is 9.44. The second-order valence-corrected chi connectivity index (χ2v) is 2.58. The van der Waals surface area contributed by atoms with E-state index < -0.39 is 5.60 Å². The monoisotopic (exact) mass is 143 g/mol. The zero-order chi connectivity index (χ0) is 8.78. The van der Waals surface area contributed by atoms with Gasteiger partial charge in [-0.15, -0.1) is 0 Å². The molecule has 0 aromatic carbocycles. The Morgan fingerprint density at radius 3 is 1.60 bits per heavy atom. The Hall–Kier alpha value is -0.880. The van der Waals surface area contributed by atoms with Crippen LogP contribution in [0.2, 0.25) is 0 Å². The average Bonchev–Trinajstić information content (AvgIpc) is 1.63. The summed E-state index contributed by atoms with van der Waals surface area (Å²) in [7, 11) is 0. The maximum absolute atomic E-state index is 9.44. The number of nitrogens with zero attached hydrogens (tertiary/aromatic N) is 1.